The molecule has 1 atom stereocenters. The average Bonchev–Trinajstić information content (AvgIpc) is 3.39. The van der Waals surface area contributed by atoms with Crippen molar-refractivity contribution in [1.82, 2.24) is 10.2 Å². The maximum atomic E-state index is 12.8. The molecule has 5 nitrogen and oxygen atoms in total. The molecule has 1 unspecified atom stereocenters. The summed E-state index contributed by atoms with van der Waals surface area (Å²) in [5.74, 6) is 1.54. The number of amides is 1. The van der Waals surface area contributed by atoms with Crippen molar-refractivity contribution in [2.24, 2.45) is 0 Å². The van der Waals surface area contributed by atoms with E-state index in [9.17, 15) is 4.79 Å². The van der Waals surface area contributed by atoms with E-state index in [0.717, 1.165) is 30.2 Å². The molecule has 154 valence electrons. The van der Waals surface area contributed by atoms with Crippen LogP contribution >= 0.6 is 0 Å². The van der Waals surface area contributed by atoms with Gasteiger partial charge in [0.1, 0.15) is 0 Å². The first-order valence-corrected chi connectivity index (χ1v) is 10.4. The van der Waals surface area contributed by atoms with Crippen LogP contribution < -0.4 is 14.8 Å². The Labute approximate surface area is 173 Å². The third-order valence-corrected chi connectivity index (χ3v) is 5.83. The Hall–Kier alpha value is -2.53. The monoisotopic (exact) mass is 394 g/mol. The van der Waals surface area contributed by atoms with Crippen LogP contribution in [0, 0.1) is 0 Å². The van der Waals surface area contributed by atoms with Crippen molar-refractivity contribution in [2.45, 2.75) is 45.1 Å². The van der Waals surface area contributed by atoms with Gasteiger partial charge >= 0.3 is 0 Å². The van der Waals surface area contributed by atoms with E-state index in [4.69, 9.17) is 9.47 Å². The number of nitrogens with zero attached hydrogens (tertiary/aromatic N) is 1. The first-order valence-electron chi connectivity index (χ1n) is 10.4. The van der Waals surface area contributed by atoms with Crippen LogP contribution in [-0.2, 0) is 5.41 Å². The zero-order valence-electron chi connectivity index (χ0n) is 17.5. The van der Waals surface area contributed by atoms with Crippen molar-refractivity contribution in [3.8, 4) is 11.5 Å². The van der Waals surface area contributed by atoms with E-state index in [-0.39, 0.29) is 24.2 Å². The highest BCUT2D eigenvalue weighted by Crippen LogP contribution is 2.36. The summed E-state index contributed by atoms with van der Waals surface area (Å²) in [6, 6.07) is 14.2. The van der Waals surface area contributed by atoms with Gasteiger partial charge in [-0.1, -0.05) is 39.0 Å². The van der Waals surface area contributed by atoms with Crippen LogP contribution in [-0.4, -0.2) is 37.2 Å². The van der Waals surface area contributed by atoms with Gasteiger partial charge in [0.2, 0.25) is 6.79 Å². The summed E-state index contributed by atoms with van der Waals surface area (Å²) in [4.78, 5) is 15.2. The second kappa shape index (κ2) is 8.07. The zero-order valence-corrected chi connectivity index (χ0v) is 17.5. The molecule has 4 rings (SSSR count). The number of carbonyl (C=O) groups is 1. The predicted molar refractivity (Wildman–Crippen MR) is 114 cm³/mol. The van der Waals surface area contributed by atoms with E-state index in [0.29, 0.717) is 12.1 Å². The van der Waals surface area contributed by atoms with Crippen LogP contribution in [0.25, 0.3) is 0 Å². The molecule has 29 heavy (non-hydrogen) atoms. The molecule has 1 N–H and O–H groups in total. The minimum absolute atomic E-state index is 0.0320. The summed E-state index contributed by atoms with van der Waals surface area (Å²) < 4.78 is 11.0. The summed E-state index contributed by atoms with van der Waals surface area (Å²) in [7, 11) is 0. The molecule has 1 saturated heterocycles. The molecule has 1 amide bonds. The van der Waals surface area contributed by atoms with Gasteiger partial charge in [-0.15, -0.1) is 0 Å². The van der Waals surface area contributed by atoms with Gasteiger partial charge in [-0.3, -0.25) is 9.69 Å². The normalized spacial score (nSPS) is 17.3. The molecular weight excluding hydrogens is 364 g/mol. The molecule has 2 heterocycles. The minimum Gasteiger partial charge on any atom is -0.454 e. The predicted octanol–water partition coefficient (Wildman–Crippen LogP) is 4.28. The highest BCUT2D eigenvalue weighted by molar-refractivity contribution is 5.94. The van der Waals surface area contributed by atoms with Gasteiger partial charge < -0.3 is 14.8 Å². The number of likely N-dealkylation sites (tertiary alicyclic amines) is 1. The van der Waals surface area contributed by atoms with Crippen LogP contribution in [0.1, 0.15) is 61.1 Å². The molecule has 2 aliphatic heterocycles. The van der Waals surface area contributed by atoms with Crippen LogP contribution in [0.2, 0.25) is 0 Å². The Kier molecular flexibility index (Phi) is 5.50. The van der Waals surface area contributed by atoms with Crippen LogP contribution in [0.5, 0.6) is 11.5 Å². The van der Waals surface area contributed by atoms with Gasteiger partial charge in [0, 0.05) is 12.1 Å². The lowest BCUT2D eigenvalue weighted by atomic mass is 9.87. The number of carbonyl (C=O) groups excluding carboxylic acids is 1. The number of hydrogen-bond donors (Lipinski definition) is 1. The van der Waals surface area contributed by atoms with E-state index < -0.39 is 0 Å². The topological polar surface area (TPSA) is 50.8 Å². The Morgan fingerprint density at radius 3 is 2.41 bits per heavy atom. The largest absolute Gasteiger partial charge is 0.454 e. The Bertz CT molecular complexity index is 865. The second-order valence-corrected chi connectivity index (χ2v) is 8.91. The first kappa shape index (κ1) is 19.8. The lowest BCUT2D eigenvalue weighted by molar-refractivity contribution is 0.0938. The van der Waals surface area contributed by atoms with E-state index in [2.05, 4.69) is 43.1 Å². The highest BCUT2D eigenvalue weighted by atomic mass is 16.7. The standard InChI is InChI=1S/C24H30N2O3/c1-24(2,3)19-9-6-17(7-10-19)23(27)25-15-20(26-12-4-5-13-26)18-8-11-21-22(14-18)29-16-28-21/h6-11,14,20H,4-5,12-13,15-16H2,1-3H3,(H,25,27). The number of rotatable bonds is 5. The molecule has 1 fully saturated rings. The molecule has 0 radical (unpaired) electrons. The molecule has 0 spiro atoms. The maximum absolute atomic E-state index is 12.8. The van der Waals surface area contributed by atoms with Crippen molar-refractivity contribution in [2.75, 3.05) is 26.4 Å². The van der Waals surface area contributed by atoms with Gasteiger partial charge in [0.05, 0.1) is 6.04 Å². The highest BCUT2D eigenvalue weighted by Gasteiger charge is 2.26. The lowest BCUT2D eigenvalue weighted by Crippen LogP contribution is -2.36. The summed E-state index contributed by atoms with van der Waals surface area (Å²) in [6.07, 6.45) is 2.40. The Morgan fingerprint density at radius 2 is 1.72 bits per heavy atom. The van der Waals surface area contributed by atoms with Crippen LogP contribution in [0.15, 0.2) is 42.5 Å². The Balaban J connectivity index is 1.47. The van der Waals surface area contributed by atoms with Gasteiger partial charge in [0.15, 0.2) is 11.5 Å². The van der Waals surface area contributed by atoms with E-state index in [1.54, 1.807) is 0 Å². The lowest BCUT2D eigenvalue weighted by Gasteiger charge is -2.28. The number of benzene rings is 2. The second-order valence-electron chi connectivity index (χ2n) is 8.91. The van der Waals surface area contributed by atoms with Crippen molar-refractivity contribution in [3.63, 3.8) is 0 Å². The molecule has 0 aromatic heterocycles. The number of hydrogen-bond acceptors (Lipinski definition) is 4. The fraction of sp³-hybridized carbons (Fsp3) is 0.458. The SMILES string of the molecule is CC(C)(C)c1ccc(C(=O)NCC(c2ccc3c(c2)OCO3)N2CCCC2)cc1. The van der Waals surface area contributed by atoms with Gasteiger partial charge in [-0.25, -0.2) is 0 Å². The van der Waals surface area contributed by atoms with Gasteiger partial charge in [-0.05, 0) is 66.7 Å². The fourth-order valence-corrected chi connectivity index (χ4v) is 4.04. The number of ether oxygens (including phenoxy) is 2. The van der Waals surface area contributed by atoms with E-state index in [1.807, 2.05) is 30.3 Å². The maximum Gasteiger partial charge on any atom is 0.251 e. The molecule has 2 aromatic carbocycles. The molecular formula is C24H30N2O3. The summed E-state index contributed by atoms with van der Waals surface area (Å²) in [5, 5.41) is 3.15. The zero-order chi connectivity index (χ0) is 20.4. The van der Waals surface area contributed by atoms with E-state index >= 15 is 0 Å². The molecule has 5 heteroatoms. The van der Waals surface area contributed by atoms with Crippen LogP contribution in [0.3, 0.4) is 0 Å². The van der Waals surface area contributed by atoms with Crippen molar-refractivity contribution in [3.05, 3.63) is 59.2 Å². The Morgan fingerprint density at radius 1 is 1.03 bits per heavy atom. The van der Waals surface area contributed by atoms with E-state index in [1.165, 1.54) is 18.4 Å². The van der Waals surface area contributed by atoms with Gasteiger partial charge in [-0.2, -0.15) is 0 Å². The van der Waals surface area contributed by atoms with Crippen molar-refractivity contribution >= 4 is 5.91 Å². The first-order chi connectivity index (χ1) is 13.9. The molecule has 0 saturated carbocycles. The summed E-state index contributed by atoms with van der Waals surface area (Å²) in [5.41, 5.74) is 3.16. The molecule has 2 aliphatic rings. The number of nitrogens with one attached hydrogen (secondary N) is 1. The third-order valence-electron chi connectivity index (χ3n) is 5.83. The molecule has 0 aliphatic carbocycles. The quantitative estimate of drug-likeness (QED) is 0.822. The average molecular weight is 395 g/mol. The minimum atomic E-state index is -0.0320. The molecule has 2 aromatic rings. The summed E-state index contributed by atoms with van der Waals surface area (Å²) in [6.45, 7) is 9.47. The van der Waals surface area contributed by atoms with Crippen molar-refractivity contribution < 1.29 is 14.3 Å². The van der Waals surface area contributed by atoms with Crippen molar-refractivity contribution in [1.29, 1.82) is 0 Å². The van der Waals surface area contributed by atoms with Gasteiger partial charge in [0.25, 0.3) is 5.91 Å². The van der Waals surface area contributed by atoms with Crippen LogP contribution in [0.4, 0.5) is 0 Å². The number of fused-ring (bicyclic) bond motifs is 1. The fourth-order valence-electron chi connectivity index (χ4n) is 4.04. The molecule has 0 bridgehead atoms. The third kappa shape index (κ3) is 4.40. The smallest absolute Gasteiger partial charge is 0.251 e. The summed E-state index contributed by atoms with van der Waals surface area (Å²) >= 11 is 0.